The van der Waals surface area contributed by atoms with E-state index in [0.29, 0.717) is 6.10 Å². The minimum Gasteiger partial charge on any atom is -0.489 e. The molecular weight excluding hydrogens is 202 g/mol. The molecule has 2 heterocycles. The Bertz CT molecular complexity index is 335. The van der Waals surface area contributed by atoms with Crippen LogP contribution in [0, 0.1) is 0 Å². The maximum Gasteiger partial charge on any atom is 0.140 e. The quantitative estimate of drug-likeness (QED) is 0.841. The molecule has 0 aliphatic carbocycles. The zero-order valence-corrected chi connectivity index (χ0v) is 9.94. The van der Waals surface area contributed by atoms with Gasteiger partial charge in [-0.2, -0.15) is 0 Å². The molecule has 0 amide bonds. The average molecular weight is 221 g/mol. The second-order valence-electron chi connectivity index (χ2n) is 4.28. The van der Waals surface area contributed by atoms with E-state index in [9.17, 15) is 0 Å². The van der Waals surface area contributed by atoms with Crippen LogP contribution in [0.2, 0.25) is 0 Å². The van der Waals surface area contributed by atoms with Gasteiger partial charge in [-0.3, -0.25) is 4.98 Å². The summed E-state index contributed by atoms with van der Waals surface area (Å²) in [7, 11) is 4.04. The van der Waals surface area contributed by atoms with Gasteiger partial charge in [0.15, 0.2) is 0 Å². The van der Waals surface area contributed by atoms with Crippen LogP contribution in [0.4, 0.5) is 5.69 Å². The molecule has 88 valence electrons. The molecular formula is C12H19N3O. The summed E-state index contributed by atoms with van der Waals surface area (Å²) in [6.45, 7) is 2.23. The number of anilines is 1. The summed E-state index contributed by atoms with van der Waals surface area (Å²) in [5, 5.41) is 3.06. The SMILES string of the molecule is CNc1cncc(OC2CCN(C)CC2)c1. The molecule has 0 unspecified atom stereocenters. The summed E-state index contributed by atoms with van der Waals surface area (Å²) >= 11 is 0. The van der Waals surface area contributed by atoms with Crippen LogP contribution in [0.25, 0.3) is 0 Å². The number of pyridine rings is 1. The van der Waals surface area contributed by atoms with E-state index >= 15 is 0 Å². The molecule has 0 atom stereocenters. The molecule has 2 rings (SSSR count). The van der Waals surface area contributed by atoms with Gasteiger partial charge in [0.2, 0.25) is 0 Å². The first-order valence-corrected chi connectivity index (χ1v) is 5.76. The number of nitrogens with one attached hydrogen (secondary N) is 1. The van der Waals surface area contributed by atoms with Gasteiger partial charge in [0, 0.05) is 26.2 Å². The highest BCUT2D eigenvalue weighted by molar-refractivity contribution is 5.44. The van der Waals surface area contributed by atoms with Crippen LogP contribution < -0.4 is 10.1 Å². The fourth-order valence-corrected chi connectivity index (χ4v) is 1.92. The number of piperidine rings is 1. The van der Waals surface area contributed by atoms with Gasteiger partial charge in [-0.25, -0.2) is 0 Å². The maximum atomic E-state index is 5.92. The number of likely N-dealkylation sites (tertiary alicyclic amines) is 1. The van der Waals surface area contributed by atoms with Gasteiger partial charge < -0.3 is 15.0 Å². The molecule has 0 saturated carbocycles. The van der Waals surface area contributed by atoms with E-state index in [4.69, 9.17) is 4.74 Å². The van der Waals surface area contributed by atoms with Crippen LogP contribution in [0.15, 0.2) is 18.5 Å². The second-order valence-corrected chi connectivity index (χ2v) is 4.28. The van der Waals surface area contributed by atoms with Gasteiger partial charge in [-0.15, -0.1) is 0 Å². The molecule has 1 aromatic rings. The molecule has 0 aromatic carbocycles. The third-order valence-electron chi connectivity index (χ3n) is 2.97. The normalized spacial score (nSPS) is 18.4. The summed E-state index contributed by atoms with van der Waals surface area (Å²) in [6.07, 6.45) is 6.10. The predicted octanol–water partition coefficient (Wildman–Crippen LogP) is 1.60. The van der Waals surface area contributed by atoms with Gasteiger partial charge in [0.1, 0.15) is 11.9 Å². The van der Waals surface area contributed by atoms with E-state index in [2.05, 4.69) is 22.2 Å². The van der Waals surface area contributed by atoms with Crippen LogP contribution in [-0.4, -0.2) is 43.2 Å². The largest absolute Gasteiger partial charge is 0.489 e. The molecule has 1 N–H and O–H groups in total. The Morgan fingerprint density at radius 1 is 1.38 bits per heavy atom. The summed E-state index contributed by atoms with van der Waals surface area (Å²) in [6, 6.07) is 1.99. The van der Waals surface area contributed by atoms with Crippen LogP contribution >= 0.6 is 0 Å². The number of hydrogen-bond donors (Lipinski definition) is 1. The maximum absolute atomic E-state index is 5.92. The van der Waals surface area contributed by atoms with Crippen molar-refractivity contribution in [3.05, 3.63) is 18.5 Å². The highest BCUT2D eigenvalue weighted by Crippen LogP contribution is 2.20. The molecule has 1 fully saturated rings. The van der Waals surface area contributed by atoms with Crippen molar-refractivity contribution in [1.82, 2.24) is 9.88 Å². The molecule has 4 nitrogen and oxygen atoms in total. The first-order chi connectivity index (χ1) is 7.78. The molecule has 1 aliphatic rings. The van der Waals surface area contributed by atoms with Crippen LogP contribution in [0.5, 0.6) is 5.75 Å². The number of aromatic nitrogens is 1. The number of nitrogens with zero attached hydrogens (tertiary/aromatic N) is 2. The zero-order valence-electron chi connectivity index (χ0n) is 9.94. The summed E-state index contributed by atoms with van der Waals surface area (Å²) in [5.74, 6) is 0.862. The zero-order chi connectivity index (χ0) is 11.4. The molecule has 1 aliphatic heterocycles. The van der Waals surface area contributed by atoms with Crippen LogP contribution in [0.1, 0.15) is 12.8 Å². The van der Waals surface area contributed by atoms with Gasteiger partial charge >= 0.3 is 0 Å². The van der Waals surface area contributed by atoms with Crippen molar-refractivity contribution in [1.29, 1.82) is 0 Å². The Labute approximate surface area is 96.6 Å². The van der Waals surface area contributed by atoms with Crippen molar-refractivity contribution < 1.29 is 4.74 Å². The Kier molecular flexibility index (Phi) is 3.62. The Hall–Kier alpha value is -1.29. The fourth-order valence-electron chi connectivity index (χ4n) is 1.92. The third-order valence-corrected chi connectivity index (χ3v) is 2.97. The van der Waals surface area contributed by atoms with Crippen molar-refractivity contribution in [2.24, 2.45) is 0 Å². The lowest BCUT2D eigenvalue weighted by atomic mass is 10.1. The number of ether oxygens (including phenoxy) is 1. The van der Waals surface area contributed by atoms with Crippen molar-refractivity contribution in [3.63, 3.8) is 0 Å². The van der Waals surface area contributed by atoms with E-state index in [1.807, 2.05) is 13.1 Å². The predicted molar refractivity (Wildman–Crippen MR) is 64.9 cm³/mol. The molecule has 0 bridgehead atoms. The topological polar surface area (TPSA) is 37.4 Å². The van der Waals surface area contributed by atoms with Crippen molar-refractivity contribution in [2.75, 3.05) is 32.5 Å². The van der Waals surface area contributed by atoms with Crippen LogP contribution in [0.3, 0.4) is 0 Å². The second kappa shape index (κ2) is 5.16. The molecule has 1 aromatic heterocycles. The highest BCUT2D eigenvalue weighted by atomic mass is 16.5. The monoisotopic (exact) mass is 221 g/mol. The molecule has 0 radical (unpaired) electrons. The molecule has 1 saturated heterocycles. The Balaban J connectivity index is 1.93. The standard InChI is InChI=1S/C12H19N3O/c1-13-10-7-12(9-14-8-10)16-11-3-5-15(2)6-4-11/h7-9,11,13H,3-6H2,1-2H3. The molecule has 0 spiro atoms. The lowest BCUT2D eigenvalue weighted by molar-refractivity contribution is 0.114. The highest BCUT2D eigenvalue weighted by Gasteiger charge is 2.17. The first kappa shape index (κ1) is 11.2. The van der Waals surface area contributed by atoms with Crippen molar-refractivity contribution >= 4 is 5.69 Å². The van der Waals surface area contributed by atoms with Gasteiger partial charge in [-0.1, -0.05) is 0 Å². The van der Waals surface area contributed by atoms with E-state index in [1.165, 1.54) is 0 Å². The fraction of sp³-hybridized carbons (Fsp3) is 0.583. The van der Waals surface area contributed by atoms with Crippen molar-refractivity contribution in [3.8, 4) is 5.75 Å². The smallest absolute Gasteiger partial charge is 0.140 e. The third kappa shape index (κ3) is 2.85. The van der Waals surface area contributed by atoms with Gasteiger partial charge in [-0.05, 0) is 19.9 Å². The first-order valence-electron chi connectivity index (χ1n) is 5.76. The summed E-state index contributed by atoms with van der Waals surface area (Å²) in [4.78, 5) is 6.47. The van der Waals surface area contributed by atoms with E-state index < -0.39 is 0 Å². The number of hydrogen-bond acceptors (Lipinski definition) is 4. The lowest BCUT2D eigenvalue weighted by Crippen LogP contribution is -2.35. The number of rotatable bonds is 3. The Morgan fingerprint density at radius 3 is 2.81 bits per heavy atom. The lowest BCUT2D eigenvalue weighted by Gasteiger charge is -2.29. The molecule has 16 heavy (non-hydrogen) atoms. The van der Waals surface area contributed by atoms with Gasteiger partial charge in [0.25, 0.3) is 0 Å². The molecule has 4 heteroatoms. The average Bonchev–Trinajstić information content (AvgIpc) is 2.32. The van der Waals surface area contributed by atoms with Gasteiger partial charge in [0.05, 0.1) is 18.1 Å². The Morgan fingerprint density at radius 2 is 2.12 bits per heavy atom. The summed E-state index contributed by atoms with van der Waals surface area (Å²) < 4.78 is 5.92. The minimum absolute atomic E-state index is 0.338. The van der Waals surface area contributed by atoms with E-state index in [1.54, 1.807) is 12.4 Å². The van der Waals surface area contributed by atoms with Crippen LogP contribution in [-0.2, 0) is 0 Å². The minimum atomic E-state index is 0.338. The van der Waals surface area contributed by atoms with E-state index in [-0.39, 0.29) is 0 Å². The van der Waals surface area contributed by atoms with E-state index in [0.717, 1.165) is 37.4 Å². The summed E-state index contributed by atoms with van der Waals surface area (Å²) in [5.41, 5.74) is 0.991. The van der Waals surface area contributed by atoms with Crippen molar-refractivity contribution in [2.45, 2.75) is 18.9 Å².